The van der Waals surface area contributed by atoms with Gasteiger partial charge in [-0.05, 0) is 52.6 Å². The molecule has 1 heterocycles. The zero-order valence-corrected chi connectivity index (χ0v) is 9.84. The van der Waals surface area contributed by atoms with Gasteiger partial charge in [-0.3, -0.25) is 4.90 Å². The fraction of sp³-hybridized carbons (Fsp3) is 1.00. The number of hydrogen-bond acceptors (Lipinski definition) is 2. The van der Waals surface area contributed by atoms with Crippen molar-refractivity contribution in [2.24, 2.45) is 5.73 Å². The number of nitrogens with zero attached hydrogens (tertiary/aromatic N) is 1. The largest absolute Gasteiger partial charge is 0.330 e. The lowest BCUT2D eigenvalue weighted by molar-refractivity contribution is 0.101. The molecule has 84 valence electrons. The predicted molar refractivity (Wildman–Crippen MR) is 62.4 cm³/mol. The molecule has 1 aliphatic rings. The molecule has 0 aromatic heterocycles. The van der Waals surface area contributed by atoms with Gasteiger partial charge in [-0.1, -0.05) is 12.8 Å². The molecule has 0 aliphatic carbocycles. The molecule has 2 nitrogen and oxygen atoms in total. The second-order valence-electron chi connectivity index (χ2n) is 4.72. The van der Waals surface area contributed by atoms with Crippen LogP contribution in [0.3, 0.4) is 0 Å². The van der Waals surface area contributed by atoms with Gasteiger partial charge in [-0.25, -0.2) is 0 Å². The Morgan fingerprint density at radius 1 is 1.07 bits per heavy atom. The van der Waals surface area contributed by atoms with Gasteiger partial charge in [0, 0.05) is 12.1 Å². The van der Waals surface area contributed by atoms with Gasteiger partial charge < -0.3 is 5.73 Å². The lowest BCUT2D eigenvalue weighted by Crippen LogP contribution is -2.44. The van der Waals surface area contributed by atoms with E-state index >= 15 is 0 Å². The fourth-order valence-electron chi connectivity index (χ4n) is 2.53. The monoisotopic (exact) mass is 198 g/mol. The molecule has 0 spiro atoms. The zero-order chi connectivity index (χ0) is 10.4. The van der Waals surface area contributed by atoms with E-state index in [1.54, 1.807) is 0 Å². The average Bonchev–Trinajstić information content (AvgIpc) is 2.16. The van der Waals surface area contributed by atoms with Gasteiger partial charge in [0.25, 0.3) is 0 Å². The van der Waals surface area contributed by atoms with E-state index in [0.717, 1.165) is 18.6 Å². The second-order valence-corrected chi connectivity index (χ2v) is 4.72. The first-order chi connectivity index (χ1) is 6.75. The number of unbranched alkanes of at least 4 members (excludes halogenated alkanes) is 2. The summed E-state index contributed by atoms with van der Waals surface area (Å²) in [5.74, 6) is 0. The van der Waals surface area contributed by atoms with Crippen molar-refractivity contribution < 1.29 is 0 Å². The first-order valence-corrected chi connectivity index (χ1v) is 6.21. The molecule has 0 aromatic carbocycles. The molecular formula is C12H26N2. The van der Waals surface area contributed by atoms with Gasteiger partial charge in [0.15, 0.2) is 0 Å². The first kappa shape index (κ1) is 12.0. The quantitative estimate of drug-likeness (QED) is 0.687. The van der Waals surface area contributed by atoms with Gasteiger partial charge >= 0.3 is 0 Å². The smallest absolute Gasteiger partial charge is 0.00697 e. The Hall–Kier alpha value is -0.0800. The summed E-state index contributed by atoms with van der Waals surface area (Å²) in [5, 5.41) is 0. The molecule has 1 saturated heterocycles. The Morgan fingerprint density at radius 3 is 2.29 bits per heavy atom. The number of nitrogens with two attached hydrogens (primary N) is 1. The third-order valence-corrected chi connectivity index (χ3v) is 3.50. The molecule has 0 amide bonds. The maximum absolute atomic E-state index is 5.49. The third kappa shape index (κ3) is 3.58. The highest BCUT2D eigenvalue weighted by Crippen LogP contribution is 2.22. The van der Waals surface area contributed by atoms with Crippen molar-refractivity contribution in [3.8, 4) is 0 Å². The van der Waals surface area contributed by atoms with E-state index in [2.05, 4.69) is 18.7 Å². The highest BCUT2D eigenvalue weighted by molar-refractivity contribution is 4.79. The zero-order valence-electron chi connectivity index (χ0n) is 9.84. The van der Waals surface area contributed by atoms with Gasteiger partial charge in [0.05, 0.1) is 0 Å². The van der Waals surface area contributed by atoms with Crippen LogP contribution in [0.2, 0.25) is 0 Å². The van der Waals surface area contributed by atoms with Crippen molar-refractivity contribution in [2.45, 2.75) is 64.5 Å². The van der Waals surface area contributed by atoms with Crippen LogP contribution in [-0.4, -0.2) is 30.1 Å². The molecule has 2 atom stereocenters. The molecular weight excluding hydrogens is 172 g/mol. The van der Waals surface area contributed by atoms with Crippen LogP contribution in [0.15, 0.2) is 0 Å². The summed E-state index contributed by atoms with van der Waals surface area (Å²) < 4.78 is 0. The van der Waals surface area contributed by atoms with Gasteiger partial charge in [-0.2, -0.15) is 0 Å². The summed E-state index contributed by atoms with van der Waals surface area (Å²) in [4.78, 5) is 2.68. The van der Waals surface area contributed by atoms with E-state index in [-0.39, 0.29) is 0 Å². The van der Waals surface area contributed by atoms with Crippen molar-refractivity contribution in [2.75, 3.05) is 13.1 Å². The van der Waals surface area contributed by atoms with Crippen LogP contribution in [0, 0.1) is 0 Å². The minimum atomic E-state index is 0.802. The maximum Gasteiger partial charge on any atom is 0.00697 e. The normalized spacial score (nSPS) is 29.4. The van der Waals surface area contributed by atoms with Crippen molar-refractivity contribution in [1.82, 2.24) is 4.90 Å². The minimum absolute atomic E-state index is 0.802. The molecule has 0 unspecified atom stereocenters. The Balaban J connectivity index is 2.19. The number of piperidine rings is 1. The van der Waals surface area contributed by atoms with E-state index in [1.807, 2.05) is 0 Å². The van der Waals surface area contributed by atoms with Gasteiger partial charge in [-0.15, -0.1) is 0 Å². The van der Waals surface area contributed by atoms with E-state index in [0.29, 0.717) is 0 Å². The molecule has 2 heteroatoms. The lowest BCUT2D eigenvalue weighted by atomic mass is 9.97. The van der Waals surface area contributed by atoms with Gasteiger partial charge in [0.1, 0.15) is 0 Å². The van der Waals surface area contributed by atoms with E-state index in [1.165, 1.54) is 45.1 Å². The summed E-state index contributed by atoms with van der Waals surface area (Å²) in [6, 6.07) is 1.60. The molecule has 14 heavy (non-hydrogen) atoms. The van der Waals surface area contributed by atoms with Crippen LogP contribution in [0.1, 0.15) is 52.4 Å². The predicted octanol–water partition coefficient (Wildman–Crippen LogP) is 2.38. The average molecular weight is 198 g/mol. The second kappa shape index (κ2) is 6.41. The highest BCUT2D eigenvalue weighted by Gasteiger charge is 2.23. The topological polar surface area (TPSA) is 29.3 Å². The Morgan fingerprint density at radius 2 is 1.71 bits per heavy atom. The highest BCUT2D eigenvalue weighted by atomic mass is 15.2. The molecule has 0 bridgehead atoms. The lowest BCUT2D eigenvalue weighted by Gasteiger charge is -2.39. The van der Waals surface area contributed by atoms with Crippen molar-refractivity contribution >= 4 is 0 Å². The Kier molecular flexibility index (Phi) is 5.49. The van der Waals surface area contributed by atoms with Crippen LogP contribution in [0.4, 0.5) is 0 Å². The first-order valence-electron chi connectivity index (χ1n) is 6.21. The fourth-order valence-corrected chi connectivity index (χ4v) is 2.53. The maximum atomic E-state index is 5.49. The summed E-state index contributed by atoms with van der Waals surface area (Å²) in [6.07, 6.45) is 8.01. The third-order valence-electron chi connectivity index (χ3n) is 3.50. The number of hydrogen-bond donors (Lipinski definition) is 1. The SMILES string of the molecule is C[C@H]1CCC[C@H](C)N1CCCCCN. The number of likely N-dealkylation sites (tertiary alicyclic amines) is 1. The summed E-state index contributed by atoms with van der Waals surface area (Å²) >= 11 is 0. The van der Waals surface area contributed by atoms with Crippen LogP contribution in [-0.2, 0) is 0 Å². The molecule has 1 aliphatic heterocycles. The van der Waals surface area contributed by atoms with Crippen molar-refractivity contribution in [3.63, 3.8) is 0 Å². The summed E-state index contributed by atoms with van der Waals surface area (Å²) in [7, 11) is 0. The van der Waals surface area contributed by atoms with Crippen molar-refractivity contribution in [3.05, 3.63) is 0 Å². The molecule has 1 fully saturated rings. The van der Waals surface area contributed by atoms with Crippen molar-refractivity contribution in [1.29, 1.82) is 0 Å². The Bertz CT molecular complexity index is 137. The molecule has 1 rings (SSSR count). The standard InChI is InChI=1S/C12H26N2/c1-11-7-6-8-12(2)14(11)10-5-3-4-9-13/h11-12H,3-10,13H2,1-2H3/t11-,12-/m0/s1. The van der Waals surface area contributed by atoms with E-state index in [9.17, 15) is 0 Å². The van der Waals surface area contributed by atoms with Crippen LogP contribution in [0.25, 0.3) is 0 Å². The number of rotatable bonds is 5. The minimum Gasteiger partial charge on any atom is -0.330 e. The van der Waals surface area contributed by atoms with E-state index in [4.69, 9.17) is 5.73 Å². The Labute approximate surface area is 88.8 Å². The van der Waals surface area contributed by atoms with Crippen LogP contribution >= 0.6 is 0 Å². The van der Waals surface area contributed by atoms with Crippen LogP contribution < -0.4 is 5.73 Å². The molecule has 0 saturated carbocycles. The summed E-state index contributed by atoms with van der Waals surface area (Å²) in [6.45, 7) is 6.88. The summed E-state index contributed by atoms with van der Waals surface area (Å²) in [5.41, 5.74) is 5.49. The van der Waals surface area contributed by atoms with E-state index < -0.39 is 0 Å². The van der Waals surface area contributed by atoms with Gasteiger partial charge in [0.2, 0.25) is 0 Å². The van der Waals surface area contributed by atoms with Crippen LogP contribution in [0.5, 0.6) is 0 Å². The molecule has 0 radical (unpaired) electrons. The molecule has 0 aromatic rings. The molecule has 2 N–H and O–H groups in total.